The van der Waals surface area contributed by atoms with Gasteiger partial charge in [-0.15, -0.1) is 0 Å². The zero-order valence-corrected chi connectivity index (χ0v) is 12.2. The first-order valence-electron chi connectivity index (χ1n) is 5.87. The lowest BCUT2D eigenvalue weighted by Crippen LogP contribution is -2.26. The Morgan fingerprint density at radius 1 is 1.53 bits per heavy atom. The van der Waals surface area contributed by atoms with Crippen molar-refractivity contribution in [3.63, 3.8) is 0 Å². The highest BCUT2D eigenvalue weighted by atomic mass is 32.2. The van der Waals surface area contributed by atoms with Crippen LogP contribution in [0.25, 0.3) is 0 Å². The third-order valence-corrected chi connectivity index (χ3v) is 4.25. The number of nitrogens with one attached hydrogen (secondary N) is 1. The topological polar surface area (TPSA) is 90.3 Å². The molecule has 1 aromatic heterocycles. The van der Waals surface area contributed by atoms with Gasteiger partial charge < -0.3 is 4.74 Å². The molecule has 1 aromatic rings. The molecular weight excluding hydrogens is 270 g/mol. The summed E-state index contributed by atoms with van der Waals surface area (Å²) in [5.74, 6) is -0.500. The molecule has 0 amide bonds. The number of methoxy groups -OCH3 is 1. The highest BCUT2D eigenvalue weighted by Crippen LogP contribution is 2.06. The summed E-state index contributed by atoms with van der Waals surface area (Å²) in [7, 11) is -0.313. The van der Waals surface area contributed by atoms with E-state index in [1.165, 1.54) is 7.11 Å². The van der Waals surface area contributed by atoms with E-state index in [0.717, 1.165) is 11.3 Å². The maximum absolute atomic E-state index is 11.7. The first-order chi connectivity index (χ1) is 8.85. The van der Waals surface area contributed by atoms with Crippen LogP contribution in [-0.4, -0.2) is 37.0 Å². The molecule has 0 radical (unpaired) electrons. The quantitative estimate of drug-likeness (QED) is 0.719. The van der Waals surface area contributed by atoms with E-state index in [-0.39, 0.29) is 25.1 Å². The molecule has 0 saturated heterocycles. The number of aromatic nitrogens is 2. The van der Waals surface area contributed by atoms with Gasteiger partial charge in [0, 0.05) is 31.3 Å². The summed E-state index contributed by atoms with van der Waals surface area (Å²) < 4.78 is 32.0. The molecule has 0 aliphatic heterocycles. The van der Waals surface area contributed by atoms with Crippen LogP contribution in [-0.2, 0) is 33.1 Å². The molecule has 0 aliphatic rings. The van der Waals surface area contributed by atoms with Crippen LogP contribution in [0.1, 0.15) is 24.1 Å². The van der Waals surface area contributed by atoms with E-state index in [2.05, 4.69) is 14.6 Å². The minimum Gasteiger partial charge on any atom is -0.469 e. The standard InChI is InChI=1S/C11H19N3O4S/c1-9-10(7-12-14(9)2)8-13-19(16,17)6-4-5-11(15)18-3/h7,13H,4-6,8H2,1-3H3. The van der Waals surface area contributed by atoms with Crippen molar-refractivity contribution < 1.29 is 17.9 Å². The summed E-state index contributed by atoms with van der Waals surface area (Å²) >= 11 is 0. The highest BCUT2D eigenvalue weighted by molar-refractivity contribution is 7.89. The first kappa shape index (κ1) is 15.6. The van der Waals surface area contributed by atoms with Crippen molar-refractivity contribution in [2.45, 2.75) is 26.3 Å². The molecule has 0 bridgehead atoms. The molecule has 8 heteroatoms. The SMILES string of the molecule is COC(=O)CCCS(=O)(=O)NCc1cnn(C)c1C. The number of ether oxygens (including phenoxy) is 1. The molecule has 0 aliphatic carbocycles. The van der Waals surface area contributed by atoms with Crippen molar-refractivity contribution in [1.82, 2.24) is 14.5 Å². The summed E-state index contributed by atoms with van der Waals surface area (Å²) in [6.07, 6.45) is 1.98. The van der Waals surface area contributed by atoms with Crippen LogP contribution < -0.4 is 4.72 Å². The Hall–Kier alpha value is -1.41. The molecule has 0 atom stereocenters. The summed E-state index contributed by atoms with van der Waals surface area (Å²) in [4.78, 5) is 10.9. The average molecular weight is 289 g/mol. The van der Waals surface area contributed by atoms with E-state index < -0.39 is 16.0 Å². The molecule has 0 fully saturated rings. The van der Waals surface area contributed by atoms with Gasteiger partial charge in [-0.3, -0.25) is 9.48 Å². The Bertz CT molecular complexity index is 536. The maximum Gasteiger partial charge on any atom is 0.305 e. The lowest BCUT2D eigenvalue weighted by molar-refractivity contribution is -0.140. The molecule has 1 rings (SSSR count). The molecular formula is C11H19N3O4S. The molecule has 7 nitrogen and oxygen atoms in total. The van der Waals surface area contributed by atoms with Crippen molar-refractivity contribution in [3.05, 3.63) is 17.5 Å². The van der Waals surface area contributed by atoms with Gasteiger partial charge in [0.25, 0.3) is 0 Å². The van der Waals surface area contributed by atoms with E-state index in [1.54, 1.807) is 17.9 Å². The second-order valence-electron chi connectivity index (χ2n) is 4.20. The lowest BCUT2D eigenvalue weighted by Gasteiger charge is -2.06. The Labute approximate surface area is 113 Å². The number of carbonyl (C=O) groups excluding carboxylic acids is 1. The smallest absolute Gasteiger partial charge is 0.305 e. The molecule has 108 valence electrons. The van der Waals surface area contributed by atoms with Gasteiger partial charge in [0.1, 0.15) is 0 Å². The number of nitrogens with zero attached hydrogens (tertiary/aromatic N) is 2. The van der Waals surface area contributed by atoms with Gasteiger partial charge >= 0.3 is 5.97 Å². The van der Waals surface area contributed by atoms with Crippen molar-refractivity contribution in [1.29, 1.82) is 0 Å². The second kappa shape index (κ2) is 6.67. The van der Waals surface area contributed by atoms with Crippen LogP contribution in [0.4, 0.5) is 0 Å². The fourth-order valence-corrected chi connectivity index (χ4v) is 2.53. The molecule has 0 saturated carbocycles. The molecule has 0 unspecified atom stereocenters. The summed E-state index contributed by atoms with van der Waals surface area (Å²) in [5.41, 5.74) is 1.75. The molecule has 0 aromatic carbocycles. The van der Waals surface area contributed by atoms with E-state index in [4.69, 9.17) is 0 Å². The van der Waals surface area contributed by atoms with Gasteiger partial charge in [-0.2, -0.15) is 5.10 Å². The fourth-order valence-electron chi connectivity index (χ4n) is 1.49. The number of esters is 1. The first-order valence-corrected chi connectivity index (χ1v) is 7.52. The van der Waals surface area contributed by atoms with Crippen molar-refractivity contribution in [2.75, 3.05) is 12.9 Å². The Kier molecular flexibility index (Phi) is 5.49. The second-order valence-corrected chi connectivity index (χ2v) is 6.12. The Balaban J connectivity index is 2.43. The molecule has 1 N–H and O–H groups in total. The molecule has 1 heterocycles. The van der Waals surface area contributed by atoms with Crippen LogP contribution in [0.2, 0.25) is 0 Å². The van der Waals surface area contributed by atoms with Crippen LogP contribution >= 0.6 is 0 Å². The van der Waals surface area contributed by atoms with E-state index >= 15 is 0 Å². The third-order valence-electron chi connectivity index (χ3n) is 2.84. The molecule has 19 heavy (non-hydrogen) atoms. The number of aryl methyl sites for hydroxylation is 1. The van der Waals surface area contributed by atoms with Crippen LogP contribution in [0, 0.1) is 6.92 Å². The fraction of sp³-hybridized carbons (Fsp3) is 0.636. The number of hydrogen-bond donors (Lipinski definition) is 1. The molecule has 0 spiro atoms. The summed E-state index contributed by atoms with van der Waals surface area (Å²) in [6, 6.07) is 0. The Morgan fingerprint density at radius 2 is 2.21 bits per heavy atom. The highest BCUT2D eigenvalue weighted by Gasteiger charge is 2.13. The van der Waals surface area contributed by atoms with E-state index in [1.807, 2.05) is 6.92 Å². The minimum absolute atomic E-state index is 0.0958. The van der Waals surface area contributed by atoms with Crippen molar-refractivity contribution in [3.8, 4) is 0 Å². The van der Waals surface area contributed by atoms with Crippen LogP contribution in [0.5, 0.6) is 0 Å². The van der Waals surface area contributed by atoms with Gasteiger partial charge in [0.2, 0.25) is 10.0 Å². The third kappa shape index (κ3) is 4.99. The largest absolute Gasteiger partial charge is 0.469 e. The predicted octanol–water partition coefficient (Wildman–Crippen LogP) is 0.101. The average Bonchev–Trinajstić information content (AvgIpc) is 2.67. The zero-order valence-electron chi connectivity index (χ0n) is 11.3. The van der Waals surface area contributed by atoms with Gasteiger partial charge in [-0.25, -0.2) is 13.1 Å². The van der Waals surface area contributed by atoms with Crippen LogP contribution in [0.15, 0.2) is 6.20 Å². The predicted molar refractivity (Wildman–Crippen MR) is 69.8 cm³/mol. The van der Waals surface area contributed by atoms with E-state index in [0.29, 0.717) is 0 Å². The van der Waals surface area contributed by atoms with Crippen molar-refractivity contribution >= 4 is 16.0 Å². The van der Waals surface area contributed by atoms with Gasteiger partial charge in [-0.05, 0) is 13.3 Å². The normalized spacial score (nSPS) is 11.5. The lowest BCUT2D eigenvalue weighted by atomic mass is 10.3. The number of sulfonamides is 1. The minimum atomic E-state index is -3.39. The van der Waals surface area contributed by atoms with Crippen LogP contribution in [0.3, 0.4) is 0 Å². The Morgan fingerprint density at radius 3 is 2.74 bits per heavy atom. The number of rotatable bonds is 7. The summed E-state index contributed by atoms with van der Waals surface area (Å²) in [6.45, 7) is 2.08. The van der Waals surface area contributed by atoms with Gasteiger partial charge in [0.05, 0.1) is 19.1 Å². The summed E-state index contributed by atoms with van der Waals surface area (Å²) in [5, 5.41) is 4.03. The maximum atomic E-state index is 11.7. The van der Waals surface area contributed by atoms with E-state index in [9.17, 15) is 13.2 Å². The van der Waals surface area contributed by atoms with Gasteiger partial charge in [0.15, 0.2) is 0 Å². The zero-order chi connectivity index (χ0) is 14.5. The monoisotopic (exact) mass is 289 g/mol. The number of hydrogen-bond acceptors (Lipinski definition) is 5. The van der Waals surface area contributed by atoms with Crippen molar-refractivity contribution in [2.24, 2.45) is 7.05 Å². The number of carbonyl (C=O) groups is 1. The van der Waals surface area contributed by atoms with Gasteiger partial charge in [-0.1, -0.05) is 0 Å².